The molecule has 0 radical (unpaired) electrons. The van der Waals surface area contributed by atoms with Gasteiger partial charge in [0.2, 0.25) is 7.95 Å². The lowest BCUT2D eigenvalue weighted by atomic mass is 10.2. The van der Waals surface area contributed by atoms with Crippen molar-refractivity contribution in [2.75, 3.05) is 7.11 Å². The van der Waals surface area contributed by atoms with Crippen molar-refractivity contribution in [3.63, 3.8) is 0 Å². The lowest BCUT2D eigenvalue weighted by Gasteiger charge is -1.99. The van der Waals surface area contributed by atoms with Gasteiger partial charge in [0.25, 0.3) is 0 Å². The van der Waals surface area contributed by atoms with Gasteiger partial charge in [-0.25, -0.2) is 4.76 Å². The molecule has 0 amide bonds. The molecule has 0 N–H and O–H groups in total. The molecule has 92 valence electrons. The summed E-state index contributed by atoms with van der Waals surface area (Å²) >= 11 is 0. The topological polar surface area (TPSA) is 38.7 Å². The second kappa shape index (κ2) is 6.18. The fraction of sp³-hybridized carbons (Fsp3) is 0.0714. The van der Waals surface area contributed by atoms with Crippen molar-refractivity contribution in [1.82, 2.24) is 0 Å². The summed E-state index contributed by atoms with van der Waals surface area (Å²) in [5.74, 6) is 0.794. The summed E-state index contributed by atoms with van der Waals surface area (Å²) in [6, 6.07) is 16.7. The monoisotopic (exact) mass is 259 g/mol. The van der Waals surface area contributed by atoms with Crippen molar-refractivity contribution in [2.45, 2.75) is 0 Å². The Balaban J connectivity index is 2.08. The number of rotatable bonds is 4. The fourth-order valence-electron chi connectivity index (χ4n) is 1.48. The van der Waals surface area contributed by atoms with Gasteiger partial charge in [-0.05, 0) is 42.0 Å². The van der Waals surface area contributed by atoms with Crippen molar-refractivity contribution in [3.8, 4) is 5.75 Å². The second-order valence-corrected chi connectivity index (χ2v) is 5.15. The van der Waals surface area contributed by atoms with Crippen LogP contribution < -0.4 is 10.0 Å². The molecule has 0 spiro atoms. The number of benzene rings is 2. The van der Waals surface area contributed by atoms with Crippen LogP contribution in [0.25, 0.3) is 0 Å². The van der Waals surface area contributed by atoms with E-state index in [1.165, 1.54) is 0 Å². The molecule has 0 saturated carbocycles. The van der Waals surface area contributed by atoms with Crippen molar-refractivity contribution < 1.29 is 9.30 Å². The third-order valence-corrected chi connectivity index (χ3v) is 3.66. The summed E-state index contributed by atoms with van der Waals surface area (Å²) in [7, 11) is -0.470. The van der Waals surface area contributed by atoms with E-state index in [0.717, 1.165) is 16.6 Å². The van der Waals surface area contributed by atoms with Gasteiger partial charge in [0, 0.05) is 11.5 Å². The molecule has 2 aromatic rings. The Hall–Kier alpha value is -1.86. The van der Waals surface area contributed by atoms with Crippen LogP contribution in [0.4, 0.5) is 0 Å². The van der Waals surface area contributed by atoms with Gasteiger partial charge < -0.3 is 4.74 Å². The molecule has 0 saturated heterocycles. The van der Waals surface area contributed by atoms with Crippen LogP contribution in [0.1, 0.15) is 5.56 Å². The number of hydrogen-bond acceptors (Lipinski definition) is 2. The first-order valence-electron chi connectivity index (χ1n) is 5.57. The first-order chi connectivity index (χ1) is 8.79. The Morgan fingerprint density at radius 3 is 2.33 bits per heavy atom. The van der Waals surface area contributed by atoms with Gasteiger partial charge in [-0.15, -0.1) is 0 Å². The molecule has 2 rings (SSSR count). The lowest BCUT2D eigenvalue weighted by Crippen LogP contribution is -1.92. The zero-order valence-electron chi connectivity index (χ0n) is 10.0. The highest BCUT2D eigenvalue weighted by Gasteiger charge is 1.98. The van der Waals surface area contributed by atoms with Gasteiger partial charge in [0.15, 0.2) is 0 Å². The molecule has 0 aliphatic heterocycles. The fourth-order valence-corrected chi connectivity index (χ4v) is 2.37. The third kappa shape index (κ3) is 3.31. The maximum absolute atomic E-state index is 11.9. The molecule has 0 aromatic heterocycles. The molecule has 1 atom stereocenters. The van der Waals surface area contributed by atoms with E-state index in [9.17, 15) is 4.57 Å². The summed E-state index contributed by atoms with van der Waals surface area (Å²) < 4.78 is 21.1. The largest absolute Gasteiger partial charge is 0.497 e. The van der Waals surface area contributed by atoms with Gasteiger partial charge in [-0.3, -0.25) is 4.57 Å². The van der Waals surface area contributed by atoms with Crippen molar-refractivity contribution in [2.24, 2.45) is 4.76 Å². The average molecular weight is 259 g/mol. The van der Waals surface area contributed by atoms with Gasteiger partial charge in [-0.1, -0.05) is 18.2 Å². The molecule has 0 aliphatic rings. The smallest absolute Gasteiger partial charge is 0.207 e. The predicted molar refractivity (Wildman–Crippen MR) is 75.7 cm³/mol. The average Bonchev–Trinajstić information content (AvgIpc) is 2.46. The molecular formula is C14H14NO2P. The summed E-state index contributed by atoms with van der Waals surface area (Å²) in [5.41, 5.74) is 0.907. The van der Waals surface area contributed by atoms with Crippen molar-refractivity contribution in [1.29, 1.82) is 0 Å². The summed E-state index contributed by atoms with van der Waals surface area (Å²) in [6.07, 6.45) is 1.63. The minimum Gasteiger partial charge on any atom is -0.497 e. The minimum atomic E-state index is -2.09. The first kappa shape index (κ1) is 12.6. The van der Waals surface area contributed by atoms with E-state index in [2.05, 4.69) is 4.76 Å². The van der Waals surface area contributed by atoms with Crippen LogP contribution in [0.2, 0.25) is 0 Å². The Labute approximate surface area is 107 Å². The maximum Gasteiger partial charge on any atom is 0.207 e. The number of ether oxygens (including phenoxy) is 1. The van der Waals surface area contributed by atoms with Crippen LogP contribution in [0.5, 0.6) is 5.75 Å². The molecule has 0 bridgehead atoms. The first-order valence-corrected chi connectivity index (χ1v) is 6.92. The number of hydrogen-bond donors (Lipinski definition) is 0. The highest BCUT2D eigenvalue weighted by Crippen LogP contribution is 2.21. The van der Waals surface area contributed by atoms with Crippen LogP contribution in [-0.4, -0.2) is 13.3 Å². The van der Waals surface area contributed by atoms with E-state index in [-0.39, 0.29) is 0 Å². The maximum atomic E-state index is 11.9. The summed E-state index contributed by atoms with van der Waals surface area (Å²) in [4.78, 5) is 0. The van der Waals surface area contributed by atoms with Crippen LogP contribution in [-0.2, 0) is 4.57 Å². The molecular weight excluding hydrogens is 245 g/mol. The molecule has 2 aromatic carbocycles. The Kier molecular flexibility index (Phi) is 4.32. The van der Waals surface area contributed by atoms with Crippen LogP contribution in [0, 0.1) is 0 Å². The normalized spacial score (nSPS) is 12.5. The standard InChI is InChI=1S/C14H14NO2P/c1-17-13-9-7-12(8-10-13)11-15-18(16)14-5-3-2-4-6-14/h2-11,18H,1H3. The molecule has 0 heterocycles. The van der Waals surface area contributed by atoms with E-state index >= 15 is 0 Å². The van der Waals surface area contributed by atoms with Gasteiger partial charge in [0.05, 0.1) is 7.11 Å². The van der Waals surface area contributed by atoms with Gasteiger partial charge >= 0.3 is 0 Å². The highest BCUT2D eigenvalue weighted by atomic mass is 31.1. The zero-order chi connectivity index (χ0) is 12.8. The van der Waals surface area contributed by atoms with Crippen LogP contribution in [0.3, 0.4) is 0 Å². The van der Waals surface area contributed by atoms with Crippen molar-refractivity contribution in [3.05, 3.63) is 60.2 Å². The van der Waals surface area contributed by atoms with Crippen LogP contribution in [0.15, 0.2) is 59.4 Å². The minimum absolute atomic E-state index is 0.771. The second-order valence-electron chi connectivity index (χ2n) is 3.70. The van der Waals surface area contributed by atoms with E-state index in [1.54, 1.807) is 13.3 Å². The Bertz CT molecular complexity index is 550. The molecule has 4 heteroatoms. The molecule has 18 heavy (non-hydrogen) atoms. The number of methoxy groups -OCH3 is 1. The van der Waals surface area contributed by atoms with Crippen LogP contribution >= 0.6 is 7.95 Å². The quantitative estimate of drug-likeness (QED) is 0.625. The lowest BCUT2D eigenvalue weighted by molar-refractivity contribution is 0.415. The molecule has 3 nitrogen and oxygen atoms in total. The Morgan fingerprint density at radius 2 is 1.72 bits per heavy atom. The third-order valence-electron chi connectivity index (χ3n) is 2.47. The van der Waals surface area contributed by atoms with Crippen molar-refractivity contribution >= 4 is 19.5 Å². The predicted octanol–water partition coefficient (Wildman–Crippen LogP) is 2.91. The molecule has 1 unspecified atom stereocenters. The summed E-state index contributed by atoms with van der Waals surface area (Å²) in [5, 5.41) is 0.771. The Morgan fingerprint density at radius 1 is 1.06 bits per heavy atom. The number of nitrogens with zero attached hydrogens (tertiary/aromatic N) is 1. The van der Waals surface area contributed by atoms with Gasteiger partial charge in [-0.2, -0.15) is 0 Å². The van der Waals surface area contributed by atoms with E-state index < -0.39 is 7.95 Å². The highest BCUT2D eigenvalue weighted by molar-refractivity contribution is 7.52. The van der Waals surface area contributed by atoms with E-state index in [0.29, 0.717) is 0 Å². The van der Waals surface area contributed by atoms with E-state index in [1.807, 2.05) is 54.6 Å². The zero-order valence-corrected chi connectivity index (χ0v) is 11.0. The molecule has 0 aliphatic carbocycles. The summed E-state index contributed by atoms with van der Waals surface area (Å²) in [6.45, 7) is 0. The molecule has 0 fully saturated rings. The van der Waals surface area contributed by atoms with E-state index in [4.69, 9.17) is 4.74 Å². The SMILES string of the molecule is COc1ccc(C=N[PH](=O)c2ccccc2)cc1. The van der Waals surface area contributed by atoms with Gasteiger partial charge in [0.1, 0.15) is 5.75 Å².